The second-order valence-electron chi connectivity index (χ2n) is 6.96. The fraction of sp³-hybridized carbons (Fsp3) is 0.562. The second-order valence-corrected chi connectivity index (χ2v) is 11.7. The van der Waals surface area contributed by atoms with Crippen LogP contribution in [-0.4, -0.2) is 8.32 Å². The van der Waals surface area contributed by atoms with Crippen LogP contribution in [-0.2, 0) is 10.8 Å². The van der Waals surface area contributed by atoms with Crippen molar-refractivity contribution >= 4 is 8.32 Å². The molecule has 0 spiro atoms. The van der Waals surface area contributed by atoms with E-state index in [1.54, 1.807) is 0 Å². The molecule has 2 atom stereocenters. The third kappa shape index (κ3) is 2.41. The van der Waals surface area contributed by atoms with Crippen LogP contribution < -0.4 is 0 Å². The average Bonchev–Trinajstić information content (AvgIpc) is 2.54. The molecule has 1 radical (unpaired) electrons. The summed E-state index contributed by atoms with van der Waals surface area (Å²) in [5.74, 6) is 0.358. The SMILES string of the molecule is [CH2]C1Cc2ccccc2C1O[Si](C)(C)C(C)(C)C. The van der Waals surface area contributed by atoms with E-state index in [2.05, 4.69) is 65.1 Å². The molecule has 2 unspecified atom stereocenters. The van der Waals surface area contributed by atoms with Crippen molar-refractivity contribution in [2.45, 2.75) is 51.4 Å². The molecule has 0 saturated carbocycles. The van der Waals surface area contributed by atoms with Gasteiger partial charge in [-0.2, -0.15) is 0 Å². The zero-order chi connectivity index (χ0) is 13.6. The summed E-state index contributed by atoms with van der Waals surface area (Å²) in [6.07, 6.45) is 1.25. The fourth-order valence-electron chi connectivity index (χ4n) is 2.29. The van der Waals surface area contributed by atoms with Crippen LogP contribution in [0, 0.1) is 12.8 Å². The minimum Gasteiger partial charge on any atom is -0.410 e. The number of hydrogen-bond acceptors (Lipinski definition) is 1. The first-order chi connectivity index (χ1) is 8.22. The lowest BCUT2D eigenvalue weighted by atomic mass is 10.1. The first-order valence-corrected chi connectivity index (χ1v) is 9.72. The Morgan fingerprint density at radius 1 is 1.22 bits per heavy atom. The van der Waals surface area contributed by atoms with Gasteiger partial charge in [0.1, 0.15) is 0 Å². The normalized spacial score (nSPS) is 24.1. The van der Waals surface area contributed by atoms with Crippen LogP contribution in [0.15, 0.2) is 24.3 Å². The van der Waals surface area contributed by atoms with Crippen molar-refractivity contribution in [2.75, 3.05) is 0 Å². The lowest BCUT2D eigenvalue weighted by Crippen LogP contribution is -2.42. The molecule has 2 rings (SSSR count). The highest BCUT2D eigenvalue weighted by Gasteiger charge is 2.42. The average molecular weight is 261 g/mol. The summed E-state index contributed by atoms with van der Waals surface area (Å²) in [4.78, 5) is 0. The molecule has 1 aromatic carbocycles. The van der Waals surface area contributed by atoms with Gasteiger partial charge in [0.25, 0.3) is 0 Å². The van der Waals surface area contributed by atoms with E-state index in [9.17, 15) is 0 Å². The maximum Gasteiger partial charge on any atom is 0.192 e. The Kier molecular flexibility index (Phi) is 3.45. The Balaban J connectivity index is 2.25. The van der Waals surface area contributed by atoms with Gasteiger partial charge in [0.05, 0.1) is 6.10 Å². The molecule has 1 nitrogen and oxygen atoms in total. The van der Waals surface area contributed by atoms with Gasteiger partial charge in [-0.05, 0) is 48.5 Å². The fourth-order valence-corrected chi connectivity index (χ4v) is 3.60. The standard InChI is InChI=1S/C16H25OSi/c1-12-11-13-9-7-8-10-14(13)15(12)17-18(5,6)16(2,3)4/h7-10,12,15H,1,11H2,2-6H3. The summed E-state index contributed by atoms with van der Waals surface area (Å²) in [5.41, 5.74) is 2.78. The van der Waals surface area contributed by atoms with Crippen molar-refractivity contribution in [3.63, 3.8) is 0 Å². The molecule has 0 aromatic heterocycles. The topological polar surface area (TPSA) is 9.23 Å². The highest BCUT2D eigenvalue weighted by Crippen LogP contribution is 2.45. The summed E-state index contributed by atoms with van der Waals surface area (Å²) in [6.45, 7) is 15.8. The molecule has 0 fully saturated rings. The van der Waals surface area contributed by atoms with Crippen LogP contribution in [0.1, 0.15) is 38.0 Å². The smallest absolute Gasteiger partial charge is 0.192 e. The Labute approximate surface area is 113 Å². The van der Waals surface area contributed by atoms with E-state index in [1.165, 1.54) is 11.1 Å². The van der Waals surface area contributed by atoms with Gasteiger partial charge >= 0.3 is 0 Å². The first-order valence-electron chi connectivity index (χ1n) is 6.81. The van der Waals surface area contributed by atoms with Gasteiger partial charge in [0.2, 0.25) is 0 Å². The maximum atomic E-state index is 6.58. The summed E-state index contributed by atoms with van der Waals surface area (Å²) >= 11 is 0. The van der Waals surface area contributed by atoms with E-state index in [0.29, 0.717) is 5.92 Å². The third-order valence-corrected chi connectivity index (χ3v) is 8.96. The molecule has 0 N–H and O–H groups in total. The molecule has 1 aliphatic rings. The third-order valence-electron chi connectivity index (χ3n) is 4.50. The quantitative estimate of drug-likeness (QED) is 0.698. The van der Waals surface area contributed by atoms with Crippen molar-refractivity contribution in [3.8, 4) is 0 Å². The maximum absolute atomic E-state index is 6.58. The van der Waals surface area contributed by atoms with Crippen LogP contribution in [0.2, 0.25) is 18.1 Å². The van der Waals surface area contributed by atoms with Crippen LogP contribution in [0.4, 0.5) is 0 Å². The lowest BCUT2D eigenvalue weighted by molar-refractivity contribution is 0.152. The van der Waals surface area contributed by atoms with Crippen LogP contribution >= 0.6 is 0 Å². The van der Waals surface area contributed by atoms with Crippen LogP contribution in [0.5, 0.6) is 0 Å². The molecule has 0 amide bonds. The van der Waals surface area contributed by atoms with E-state index < -0.39 is 8.32 Å². The summed E-state index contributed by atoms with van der Waals surface area (Å²) in [6, 6.07) is 8.64. The molecule has 0 heterocycles. The van der Waals surface area contributed by atoms with Crippen molar-refractivity contribution in [1.29, 1.82) is 0 Å². The largest absolute Gasteiger partial charge is 0.410 e. The highest BCUT2D eigenvalue weighted by atomic mass is 28.4. The predicted octanol–water partition coefficient (Wildman–Crippen LogP) is 4.76. The van der Waals surface area contributed by atoms with Crippen LogP contribution in [0.25, 0.3) is 0 Å². The Hall–Kier alpha value is -0.603. The van der Waals surface area contributed by atoms with Gasteiger partial charge in [-0.25, -0.2) is 0 Å². The van der Waals surface area contributed by atoms with Crippen molar-refractivity contribution in [3.05, 3.63) is 42.3 Å². The molecule has 99 valence electrons. The van der Waals surface area contributed by atoms with Gasteiger partial charge in [-0.15, -0.1) is 0 Å². The Morgan fingerprint density at radius 2 is 1.83 bits per heavy atom. The van der Waals surface area contributed by atoms with Gasteiger partial charge in [-0.3, -0.25) is 0 Å². The molecule has 0 aliphatic heterocycles. The molecule has 18 heavy (non-hydrogen) atoms. The van der Waals surface area contributed by atoms with Gasteiger partial charge in [-0.1, -0.05) is 45.0 Å². The van der Waals surface area contributed by atoms with Gasteiger partial charge in [0, 0.05) is 0 Å². The number of fused-ring (bicyclic) bond motifs is 1. The number of benzene rings is 1. The van der Waals surface area contributed by atoms with E-state index in [4.69, 9.17) is 4.43 Å². The molecule has 1 aliphatic carbocycles. The van der Waals surface area contributed by atoms with E-state index in [1.807, 2.05) is 0 Å². The Bertz CT molecular complexity index is 431. The first kappa shape index (κ1) is 13.8. The molecular formula is C16H25OSi. The van der Waals surface area contributed by atoms with E-state index in [0.717, 1.165) is 6.42 Å². The van der Waals surface area contributed by atoms with E-state index >= 15 is 0 Å². The van der Waals surface area contributed by atoms with Gasteiger partial charge < -0.3 is 4.43 Å². The van der Waals surface area contributed by atoms with Crippen LogP contribution in [0.3, 0.4) is 0 Å². The lowest BCUT2D eigenvalue weighted by Gasteiger charge is -2.39. The molecule has 0 bridgehead atoms. The zero-order valence-electron chi connectivity index (χ0n) is 12.3. The molecule has 2 heteroatoms. The molecule has 0 saturated heterocycles. The monoisotopic (exact) mass is 261 g/mol. The van der Waals surface area contributed by atoms with E-state index in [-0.39, 0.29) is 11.1 Å². The van der Waals surface area contributed by atoms with Crippen molar-refractivity contribution < 1.29 is 4.43 Å². The second kappa shape index (κ2) is 4.50. The Morgan fingerprint density at radius 3 is 2.44 bits per heavy atom. The zero-order valence-corrected chi connectivity index (χ0v) is 13.3. The summed E-state index contributed by atoms with van der Waals surface area (Å²) in [5, 5.41) is 0.254. The molecular weight excluding hydrogens is 236 g/mol. The number of rotatable bonds is 2. The summed E-state index contributed by atoms with van der Waals surface area (Å²) < 4.78 is 6.58. The van der Waals surface area contributed by atoms with Crippen molar-refractivity contribution in [2.24, 2.45) is 5.92 Å². The molecule has 1 aromatic rings. The van der Waals surface area contributed by atoms with Gasteiger partial charge in [0.15, 0.2) is 8.32 Å². The highest BCUT2D eigenvalue weighted by molar-refractivity contribution is 6.74. The minimum atomic E-state index is -1.72. The summed E-state index contributed by atoms with van der Waals surface area (Å²) in [7, 11) is -1.72. The van der Waals surface area contributed by atoms with Crippen molar-refractivity contribution in [1.82, 2.24) is 0 Å². The minimum absolute atomic E-state index is 0.196. The predicted molar refractivity (Wildman–Crippen MR) is 80.0 cm³/mol. The number of hydrogen-bond donors (Lipinski definition) is 0.